The van der Waals surface area contributed by atoms with Crippen molar-refractivity contribution in [3.63, 3.8) is 0 Å². The lowest BCUT2D eigenvalue weighted by atomic mass is 9.70. The molecule has 0 amide bonds. The summed E-state index contributed by atoms with van der Waals surface area (Å²) in [6, 6.07) is 71.0. The molecule has 0 radical (unpaired) electrons. The zero-order chi connectivity index (χ0) is 41.5. The van der Waals surface area contributed by atoms with Crippen molar-refractivity contribution in [3.8, 4) is 33.4 Å². The van der Waals surface area contributed by atoms with Crippen LogP contribution in [0.4, 0.5) is 28.4 Å². The van der Waals surface area contributed by atoms with Crippen molar-refractivity contribution in [2.75, 3.05) is 9.80 Å². The number of rotatable bonds is 6. The van der Waals surface area contributed by atoms with Crippen molar-refractivity contribution < 1.29 is 0 Å². The standard InChI is InChI=1S/C61H44N2/c1-2-17-41(18-3-1)42-35-37-44(38-36-42)62(46-21-15-22-47(40-46)63-58-33-12-7-25-51(58)52-26-8-13-34-59(52)63)45-20-14-19-43(39-45)48-28-16-32-57-60(48)53-27-6-11-31-56(53)61(57)54-29-9-4-23-49(54)50-24-5-10-30-55(50)61/h1-2,4-17,19-40,51,58H,3,18H2. The minimum atomic E-state index is -0.388. The third-order valence-electron chi connectivity index (χ3n) is 14.3. The van der Waals surface area contributed by atoms with Crippen LogP contribution in [0.15, 0.2) is 231 Å². The Morgan fingerprint density at radius 1 is 0.476 bits per heavy atom. The maximum atomic E-state index is 2.53. The summed E-state index contributed by atoms with van der Waals surface area (Å²) in [6.45, 7) is 0. The molecule has 1 heterocycles. The zero-order valence-electron chi connectivity index (χ0n) is 34.9. The van der Waals surface area contributed by atoms with Gasteiger partial charge in [-0.15, -0.1) is 0 Å². The number of para-hydroxylation sites is 1. The summed E-state index contributed by atoms with van der Waals surface area (Å²) in [6.07, 6.45) is 18.0. The van der Waals surface area contributed by atoms with E-state index in [1.807, 2.05) is 0 Å². The quantitative estimate of drug-likeness (QED) is 0.165. The van der Waals surface area contributed by atoms with Crippen LogP contribution >= 0.6 is 0 Å². The SMILES string of the molecule is C1=CCCC(c2ccc(N(c3cccc(-c4cccc5c4-c4ccccc4C54c5ccccc5-c5ccccc54)c3)c3cccc(N4c5ccccc5C5C=CC=CC54)c3)cc2)=C1. The van der Waals surface area contributed by atoms with E-state index in [2.05, 4.69) is 240 Å². The lowest BCUT2D eigenvalue weighted by molar-refractivity contribution is 0.745. The van der Waals surface area contributed by atoms with Gasteiger partial charge in [0.1, 0.15) is 0 Å². The predicted octanol–water partition coefficient (Wildman–Crippen LogP) is 15.6. The first-order valence-corrected chi connectivity index (χ1v) is 22.4. The zero-order valence-corrected chi connectivity index (χ0v) is 34.9. The summed E-state index contributed by atoms with van der Waals surface area (Å²) in [5.41, 5.74) is 22.7. The first-order chi connectivity index (χ1) is 31.3. The summed E-state index contributed by atoms with van der Waals surface area (Å²) in [7, 11) is 0. The van der Waals surface area contributed by atoms with Crippen LogP contribution in [-0.4, -0.2) is 6.04 Å². The van der Waals surface area contributed by atoms with Gasteiger partial charge < -0.3 is 9.80 Å². The maximum Gasteiger partial charge on any atom is 0.0725 e. The lowest BCUT2D eigenvalue weighted by Crippen LogP contribution is -2.28. The van der Waals surface area contributed by atoms with E-state index in [4.69, 9.17) is 0 Å². The van der Waals surface area contributed by atoms with Crippen LogP contribution < -0.4 is 9.80 Å². The van der Waals surface area contributed by atoms with Crippen LogP contribution in [0.3, 0.4) is 0 Å². The number of hydrogen-bond donors (Lipinski definition) is 0. The number of fused-ring (bicyclic) bond motifs is 13. The third-order valence-corrected chi connectivity index (χ3v) is 14.3. The highest BCUT2D eigenvalue weighted by Gasteiger charge is 2.52. The Balaban J connectivity index is 0.978. The number of allylic oxidation sites excluding steroid dienone is 6. The second-order valence-corrected chi connectivity index (χ2v) is 17.4. The van der Waals surface area contributed by atoms with Crippen LogP contribution in [-0.2, 0) is 5.41 Å². The lowest BCUT2D eigenvalue weighted by Gasteiger charge is -2.31. The Kier molecular flexibility index (Phi) is 8.11. The smallest absolute Gasteiger partial charge is 0.0725 e. The van der Waals surface area contributed by atoms with Crippen molar-refractivity contribution in [3.05, 3.63) is 264 Å². The Morgan fingerprint density at radius 2 is 1.11 bits per heavy atom. The molecule has 0 saturated heterocycles. The fourth-order valence-electron chi connectivity index (χ4n) is 11.7. The number of nitrogens with zero attached hydrogens (tertiary/aromatic N) is 2. The largest absolute Gasteiger partial charge is 0.333 e. The third kappa shape index (κ3) is 5.31. The fraction of sp³-hybridized carbons (Fsp3) is 0.0820. The second-order valence-electron chi connectivity index (χ2n) is 17.4. The molecule has 0 N–H and O–H groups in total. The van der Waals surface area contributed by atoms with E-state index in [0.717, 1.165) is 29.9 Å². The molecule has 8 aromatic carbocycles. The molecule has 2 nitrogen and oxygen atoms in total. The van der Waals surface area contributed by atoms with Gasteiger partial charge in [-0.3, -0.25) is 0 Å². The van der Waals surface area contributed by atoms with Crippen LogP contribution in [0.25, 0.3) is 39.0 Å². The van der Waals surface area contributed by atoms with E-state index < -0.39 is 0 Å². The predicted molar refractivity (Wildman–Crippen MR) is 263 cm³/mol. The van der Waals surface area contributed by atoms with Crippen molar-refractivity contribution in [1.82, 2.24) is 0 Å². The van der Waals surface area contributed by atoms with Gasteiger partial charge in [-0.1, -0.05) is 182 Å². The van der Waals surface area contributed by atoms with E-state index >= 15 is 0 Å². The van der Waals surface area contributed by atoms with Gasteiger partial charge in [-0.2, -0.15) is 0 Å². The second kappa shape index (κ2) is 14.2. The van der Waals surface area contributed by atoms with Crippen LogP contribution in [0.1, 0.15) is 52.1 Å². The number of benzene rings is 8. The molecule has 0 fully saturated rings. The van der Waals surface area contributed by atoms with E-state index in [-0.39, 0.29) is 11.5 Å². The highest BCUT2D eigenvalue weighted by atomic mass is 15.2. The molecule has 2 atom stereocenters. The Labute approximate surface area is 369 Å². The van der Waals surface area contributed by atoms with Crippen molar-refractivity contribution in [2.45, 2.75) is 30.2 Å². The van der Waals surface area contributed by atoms with Crippen molar-refractivity contribution in [1.29, 1.82) is 0 Å². The molecule has 8 aromatic rings. The van der Waals surface area contributed by atoms with Gasteiger partial charge in [0.2, 0.25) is 0 Å². The fourth-order valence-corrected chi connectivity index (χ4v) is 11.7. The molecule has 4 aliphatic carbocycles. The molecule has 0 aromatic heterocycles. The van der Waals surface area contributed by atoms with Crippen LogP contribution in [0.5, 0.6) is 0 Å². The monoisotopic (exact) mass is 804 g/mol. The van der Waals surface area contributed by atoms with Crippen LogP contribution in [0, 0.1) is 0 Å². The highest BCUT2D eigenvalue weighted by molar-refractivity contribution is 6.00. The summed E-state index contributed by atoms with van der Waals surface area (Å²) in [5.74, 6) is 0.321. The Morgan fingerprint density at radius 3 is 1.89 bits per heavy atom. The summed E-state index contributed by atoms with van der Waals surface area (Å²) in [5, 5.41) is 0. The van der Waals surface area contributed by atoms with Crippen LogP contribution in [0.2, 0.25) is 0 Å². The van der Waals surface area contributed by atoms with E-state index in [0.29, 0.717) is 5.92 Å². The van der Waals surface area contributed by atoms with Crippen molar-refractivity contribution >= 4 is 34.0 Å². The Hall–Kier alpha value is -7.68. The van der Waals surface area contributed by atoms with Gasteiger partial charge in [0.15, 0.2) is 0 Å². The first-order valence-electron chi connectivity index (χ1n) is 22.4. The topological polar surface area (TPSA) is 6.48 Å². The summed E-state index contributed by atoms with van der Waals surface area (Å²) >= 11 is 0. The van der Waals surface area contributed by atoms with Gasteiger partial charge in [0.25, 0.3) is 0 Å². The number of anilines is 5. The average Bonchev–Trinajstić information content (AvgIpc) is 3.97. The van der Waals surface area contributed by atoms with Gasteiger partial charge in [0.05, 0.1) is 11.5 Å². The molecule has 63 heavy (non-hydrogen) atoms. The molecule has 1 aliphatic heterocycles. The van der Waals surface area contributed by atoms with E-state index in [1.54, 1.807) is 0 Å². The van der Waals surface area contributed by atoms with Crippen molar-refractivity contribution in [2.24, 2.45) is 0 Å². The van der Waals surface area contributed by atoms with Gasteiger partial charge >= 0.3 is 0 Å². The highest BCUT2D eigenvalue weighted by Crippen LogP contribution is 2.64. The van der Waals surface area contributed by atoms with Gasteiger partial charge in [-0.25, -0.2) is 0 Å². The van der Waals surface area contributed by atoms with E-state index in [9.17, 15) is 0 Å². The number of hydrogen-bond acceptors (Lipinski definition) is 2. The van der Waals surface area contributed by atoms with Gasteiger partial charge in [-0.05, 0) is 134 Å². The maximum absolute atomic E-state index is 2.53. The normalized spacial score (nSPS) is 17.7. The summed E-state index contributed by atoms with van der Waals surface area (Å²) < 4.78 is 0. The molecule has 13 rings (SSSR count). The molecule has 5 aliphatic rings. The first kappa shape index (κ1) is 36.0. The Bertz CT molecular complexity index is 3220. The molecule has 2 unspecified atom stereocenters. The van der Waals surface area contributed by atoms with E-state index in [1.165, 1.54) is 83.7 Å². The molecular weight excluding hydrogens is 761 g/mol. The molecule has 0 bridgehead atoms. The average molecular weight is 805 g/mol. The molecule has 1 spiro atoms. The minimum Gasteiger partial charge on any atom is -0.333 e. The molecule has 0 saturated carbocycles. The van der Waals surface area contributed by atoms with Gasteiger partial charge in [0, 0.05) is 34.4 Å². The molecule has 2 heteroatoms. The molecule has 298 valence electrons. The minimum absolute atomic E-state index is 0.224. The molecular formula is C61H44N2. The summed E-state index contributed by atoms with van der Waals surface area (Å²) in [4.78, 5) is 4.98.